The molecule has 0 saturated carbocycles. The van der Waals surface area contributed by atoms with Gasteiger partial charge in [0.1, 0.15) is 0 Å². The summed E-state index contributed by atoms with van der Waals surface area (Å²) in [6.07, 6.45) is 3.85. The van der Waals surface area contributed by atoms with Crippen molar-refractivity contribution >= 4 is 35.1 Å². The smallest absolute Gasteiger partial charge is 0.220 e. The summed E-state index contributed by atoms with van der Waals surface area (Å²) in [6.45, 7) is 2.50. The van der Waals surface area contributed by atoms with Crippen LogP contribution in [-0.4, -0.2) is 31.8 Å². The van der Waals surface area contributed by atoms with Gasteiger partial charge < -0.3 is 21.4 Å². The van der Waals surface area contributed by atoms with Gasteiger partial charge in [-0.1, -0.05) is 11.6 Å². The molecule has 2 aliphatic heterocycles. The first kappa shape index (κ1) is 14.2. The molecule has 6 heteroatoms. The molecule has 0 atom stereocenters. The van der Waals surface area contributed by atoms with E-state index in [9.17, 15) is 4.79 Å². The van der Waals surface area contributed by atoms with E-state index in [1.807, 2.05) is 6.07 Å². The van der Waals surface area contributed by atoms with Crippen LogP contribution in [0.5, 0.6) is 0 Å². The maximum Gasteiger partial charge on any atom is 0.220 e. The molecule has 1 spiro atoms. The maximum absolute atomic E-state index is 11.5. The molecule has 2 fully saturated rings. The quantitative estimate of drug-likeness (QED) is 0.577. The van der Waals surface area contributed by atoms with Crippen molar-refractivity contribution in [3.8, 4) is 0 Å². The molecular formula is C15H19ClN4O. The maximum atomic E-state index is 11.5. The summed E-state index contributed by atoms with van der Waals surface area (Å²) in [7, 11) is 0. The minimum Gasteiger partial charge on any atom is -0.398 e. The first-order valence-corrected chi connectivity index (χ1v) is 7.52. The predicted molar refractivity (Wildman–Crippen MR) is 85.3 cm³/mol. The number of piperidine rings is 1. The highest BCUT2D eigenvalue weighted by Crippen LogP contribution is 2.40. The number of hydrogen-bond acceptors (Lipinski definition) is 4. The molecule has 1 aromatic rings. The van der Waals surface area contributed by atoms with Crippen LogP contribution in [0.2, 0.25) is 5.02 Å². The van der Waals surface area contributed by atoms with Crippen LogP contribution in [0.3, 0.4) is 0 Å². The molecule has 2 heterocycles. The summed E-state index contributed by atoms with van der Waals surface area (Å²) in [4.78, 5) is 13.7. The van der Waals surface area contributed by atoms with Gasteiger partial charge in [-0.3, -0.25) is 4.79 Å². The molecule has 0 aromatic heterocycles. The zero-order valence-corrected chi connectivity index (χ0v) is 12.5. The average molecular weight is 307 g/mol. The van der Waals surface area contributed by atoms with Crippen LogP contribution in [0.15, 0.2) is 12.1 Å². The first-order valence-electron chi connectivity index (χ1n) is 7.14. The Morgan fingerprint density at radius 2 is 2.10 bits per heavy atom. The van der Waals surface area contributed by atoms with Crippen molar-refractivity contribution in [3.63, 3.8) is 0 Å². The molecule has 112 valence electrons. The summed E-state index contributed by atoms with van der Waals surface area (Å²) in [5.74, 6) is 0.163. The van der Waals surface area contributed by atoms with E-state index < -0.39 is 0 Å². The van der Waals surface area contributed by atoms with Crippen molar-refractivity contribution in [3.05, 3.63) is 22.7 Å². The molecule has 5 nitrogen and oxygen atoms in total. The Morgan fingerprint density at radius 3 is 2.67 bits per heavy atom. The van der Waals surface area contributed by atoms with Gasteiger partial charge >= 0.3 is 0 Å². The number of halogens is 1. The fourth-order valence-electron chi connectivity index (χ4n) is 3.37. The van der Waals surface area contributed by atoms with Gasteiger partial charge in [0.05, 0.1) is 0 Å². The third-order valence-electron chi connectivity index (χ3n) is 4.66. The largest absolute Gasteiger partial charge is 0.398 e. The molecule has 1 aromatic carbocycles. The van der Waals surface area contributed by atoms with Crippen LogP contribution >= 0.6 is 11.6 Å². The molecule has 0 bridgehead atoms. The Hall–Kier alpha value is -1.75. The first-order chi connectivity index (χ1) is 10.0. The van der Waals surface area contributed by atoms with Crippen molar-refractivity contribution in [2.75, 3.05) is 30.3 Å². The molecule has 21 heavy (non-hydrogen) atoms. The summed E-state index contributed by atoms with van der Waals surface area (Å²) in [5, 5.41) is 11.1. The van der Waals surface area contributed by atoms with E-state index in [-0.39, 0.29) is 11.3 Å². The molecular weight excluding hydrogens is 288 g/mol. The SMILES string of the molecule is N=Cc1c(N)cc(Cl)cc1N1CCC2(CC1)CNC(=O)C2. The second kappa shape index (κ2) is 5.22. The average Bonchev–Trinajstić information content (AvgIpc) is 2.80. The number of carbonyl (C=O) groups is 1. The van der Waals surface area contributed by atoms with Crippen molar-refractivity contribution in [1.82, 2.24) is 5.32 Å². The van der Waals surface area contributed by atoms with Crippen LogP contribution in [0.4, 0.5) is 11.4 Å². The molecule has 2 saturated heterocycles. The Morgan fingerprint density at radius 1 is 1.38 bits per heavy atom. The van der Waals surface area contributed by atoms with Gasteiger partial charge in [-0.05, 0) is 30.4 Å². The Kier molecular flexibility index (Phi) is 3.53. The Balaban J connectivity index is 1.81. The van der Waals surface area contributed by atoms with E-state index in [0.717, 1.165) is 43.7 Å². The topological polar surface area (TPSA) is 82.2 Å². The highest BCUT2D eigenvalue weighted by molar-refractivity contribution is 6.31. The van der Waals surface area contributed by atoms with Crippen molar-refractivity contribution < 1.29 is 4.79 Å². The molecule has 2 aliphatic rings. The summed E-state index contributed by atoms with van der Waals surface area (Å²) >= 11 is 6.10. The van der Waals surface area contributed by atoms with Gasteiger partial charge in [0.2, 0.25) is 5.91 Å². The lowest BCUT2D eigenvalue weighted by Gasteiger charge is -2.40. The predicted octanol–water partition coefficient (Wildman–Crippen LogP) is 2.03. The normalized spacial score (nSPS) is 20.6. The van der Waals surface area contributed by atoms with Crippen LogP contribution < -0.4 is 16.0 Å². The van der Waals surface area contributed by atoms with Crippen molar-refractivity contribution in [1.29, 1.82) is 5.41 Å². The fraction of sp³-hybridized carbons (Fsp3) is 0.467. The summed E-state index contributed by atoms with van der Waals surface area (Å²) in [5.41, 5.74) is 8.24. The van der Waals surface area contributed by atoms with E-state index in [1.54, 1.807) is 6.07 Å². The second-order valence-corrected chi connectivity index (χ2v) is 6.45. The monoisotopic (exact) mass is 306 g/mol. The number of rotatable bonds is 2. The standard InChI is InChI=1S/C15H19ClN4O/c16-10-5-12(18)11(8-17)13(6-10)20-3-1-15(2-4-20)7-14(21)19-9-15/h5-6,8,17H,1-4,7,9,18H2,(H,19,21). The van der Waals surface area contributed by atoms with E-state index in [1.165, 1.54) is 6.21 Å². The summed E-state index contributed by atoms with van der Waals surface area (Å²) < 4.78 is 0. The number of amides is 1. The molecule has 0 aliphatic carbocycles. The van der Waals surface area contributed by atoms with E-state index in [2.05, 4.69) is 10.2 Å². The lowest BCUT2D eigenvalue weighted by Crippen LogP contribution is -2.41. The summed E-state index contributed by atoms with van der Waals surface area (Å²) in [6, 6.07) is 3.55. The van der Waals surface area contributed by atoms with Gasteiger partial charge in [0.25, 0.3) is 0 Å². The number of nitrogens with two attached hydrogens (primary N) is 1. The van der Waals surface area contributed by atoms with Gasteiger partial charge in [-0.25, -0.2) is 0 Å². The van der Waals surface area contributed by atoms with Gasteiger partial charge in [-0.15, -0.1) is 0 Å². The van der Waals surface area contributed by atoms with Crippen LogP contribution in [0, 0.1) is 10.8 Å². The highest BCUT2D eigenvalue weighted by atomic mass is 35.5. The van der Waals surface area contributed by atoms with Crippen molar-refractivity contribution in [2.45, 2.75) is 19.3 Å². The lowest BCUT2D eigenvalue weighted by molar-refractivity contribution is -0.119. The van der Waals surface area contributed by atoms with Crippen LogP contribution in [-0.2, 0) is 4.79 Å². The van der Waals surface area contributed by atoms with Gasteiger partial charge in [0, 0.05) is 54.2 Å². The molecule has 0 unspecified atom stereocenters. The van der Waals surface area contributed by atoms with Crippen LogP contribution in [0.1, 0.15) is 24.8 Å². The van der Waals surface area contributed by atoms with Gasteiger partial charge in [-0.2, -0.15) is 0 Å². The van der Waals surface area contributed by atoms with Gasteiger partial charge in [0.15, 0.2) is 0 Å². The number of nitrogens with zero attached hydrogens (tertiary/aromatic N) is 1. The zero-order chi connectivity index (χ0) is 15.0. The Bertz CT molecular complexity index is 594. The van der Waals surface area contributed by atoms with E-state index in [4.69, 9.17) is 22.7 Å². The van der Waals surface area contributed by atoms with Crippen LogP contribution in [0.25, 0.3) is 0 Å². The number of nitrogen functional groups attached to an aromatic ring is 1. The fourth-order valence-corrected chi connectivity index (χ4v) is 3.59. The molecule has 1 amide bonds. The number of carbonyl (C=O) groups excluding carboxylic acids is 1. The molecule has 0 radical (unpaired) electrons. The zero-order valence-electron chi connectivity index (χ0n) is 11.8. The van der Waals surface area contributed by atoms with E-state index in [0.29, 0.717) is 17.1 Å². The number of hydrogen-bond donors (Lipinski definition) is 3. The second-order valence-electron chi connectivity index (χ2n) is 6.01. The molecule has 4 N–H and O–H groups in total. The minimum absolute atomic E-state index is 0.114. The van der Waals surface area contributed by atoms with Crippen molar-refractivity contribution in [2.24, 2.45) is 5.41 Å². The third kappa shape index (κ3) is 2.58. The third-order valence-corrected chi connectivity index (χ3v) is 4.88. The lowest BCUT2D eigenvalue weighted by atomic mass is 9.77. The number of benzene rings is 1. The minimum atomic E-state index is 0.114. The molecule has 3 rings (SSSR count). The Labute approximate surface area is 129 Å². The number of nitrogens with one attached hydrogen (secondary N) is 2. The van der Waals surface area contributed by atoms with E-state index >= 15 is 0 Å². The number of anilines is 2. The highest BCUT2D eigenvalue weighted by Gasteiger charge is 2.41.